The average molecular weight is 281 g/mol. The maximum absolute atomic E-state index is 12.4. The predicted octanol–water partition coefficient (Wildman–Crippen LogP) is 0.700. The number of piperazine rings is 1. The zero-order chi connectivity index (χ0) is 14.9. The van der Waals surface area contributed by atoms with E-state index in [0.29, 0.717) is 5.92 Å². The van der Waals surface area contributed by atoms with Crippen LogP contribution in [0.2, 0.25) is 0 Å². The Balaban J connectivity index is 2.08. The minimum absolute atomic E-state index is 0.0000255. The van der Waals surface area contributed by atoms with Crippen LogP contribution in [0, 0.1) is 11.8 Å². The number of carbonyl (C=O) groups is 2. The predicted molar refractivity (Wildman–Crippen MR) is 78.2 cm³/mol. The summed E-state index contributed by atoms with van der Waals surface area (Å²) in [4.78, 5) is 28.8. The monoisotopic (exact) mass is 281 g/mol. The number of rotatable bonds is 3. The van der Waals surface area contributed by atoms with E-state index in [0.717, 1.165) is 32.5 Å². The summed E-state index contributed by atoms with van der Waals surface area (Å²) in [6.45, 7) is 8.69. The van der Waals surface area contributed by atoms with Gasteiger partial charge in [0.05, 0.1) is 0 Å². The van der Waals surface area contributed by atoms with Gasteiger partial charge in [0.1, 0.15) is 12.1 Å². The molecule has 0 radical (unpaired) electrons. The zero-order valence-corrected chi connectivity index (χ0v) is 13.1. The molecule has 0 aliphatic carbocycles. The molecular formula is C15H27N3O2. The molecular weight excluding hydrogens is 254 g/mol. The number of amides is 2. The van der Waals surface area contributed by atoms with E-state index < -0.39 is 0 Å². The Kier molecular flexibility index (Phi) is 4.68. The minimum Gasteiger partial charge on any atom is -0.343 e. The molecule has 0 bridgehead atoms. The number of hydrogen-bond donors (Lipinski definition) is 1. The molecule has 2 atom stereocenters. The van der Waals surface area contributed by atoms with E-state index in [-0.39, 0.29) is 29.8 Å². The molecule has 2 heterocycles. The van der Waals surface area contributed by atoms with Crippen molar-refractivity contribution in [2.24, 2.45) is 11.8 Å². The van der Waals surface area contributed by atoms with E-state index in [1.165, 1.54) is 0 Å². The van der Waals surface area contributed by atoms with Crippen molar-refractivity contribution >= 4 is 11.8 Å². The lowest BCUT2D eigenvalue weighted by Gasteiger charge is -2.42. The maximum atomic E-state index is 12.4. The van der Waals surface area contributed by atoms with Gasteiger partial charge < -0.3 is 15.1 Å². The van der Waals surface area contributed by atoms with Gasteiger partial charge in [0.2, 0.25) is 11.8 Å². The molecule has 20 heavy (non-hydrogen) atoms. The average Bonchev–Trinajstić information content (AvgIpc) is 2.37. The van der Waals surface area contributed by atoms with Gasteiger partial charge in [-0.25, -0.2) is 0 Å². The second-order valence-electron chi connectivity index (χ2n) is 6.66. The van der Waals surface area contributed by atoms with E-state index in [4.69, 9.17) is 0 Å². The van der Waals surface area contributed by atoms with Crippen molar-refractivity contribution in [2.45, 2.75) is 45.7 Å². The van der Waals surface area contributed by atoms with Crippen LogP contribution in [-0.4, -0.2) is 60.4 Å². The number of hydrogen-bond acceptors (Lipinski definition) is 3. The second-order valence-corrected chi connectivity index (χ2v) is 6.66. The first-order chi connectivity index (χ1) is 9.40. The fourth-order valence-electron chi connectivity index (χ4n) is 3.28. The van der Waals surface area contributed by atoms with Crippen molar-refractivity contribution in [3.8, 4) is 0 Å². The number of carbonyl (C=O) groups excluding carboxylic acids is 2. The molecule has 1 N–H and O–H groups in total. The highest BCUT2D eigenvalue weighted by molar-refractivity contribution is 5.96. The van der Waals surface area contributed by atoms with E-state index in [1.807, 2.05) is 18.7 Å². The van der Waals surface area contributed by atoms with Crippen LogP contribution in [0.1, 0.15) is 33.6 Å². The molecule has 2 saturated heterocycles. The molecule has 2 aliphatic rings. The van der Waals surface area contributed by atoms with Gasteiger partial charge in [0, 0.05) is 6.54 Å². The smallest absolute Gasteiger partial charge is 0.245 e. The Morgan fingerprint density at radius 2 is 1.85 bits per heavy atom. The fourth-order valence-corrected chi connectivity index (χ4v) is 3.28. The Morgan fingerprint density at radius 3 is 2.40 bits per heavy atom. The Morgan fingerprint density at radius 1 is 1.25 bits per heavy atom. The van der Waals surface area contributed by atoms with E-state index >= 15 is 0 Å². The normalized spacial score (nSPS) is 29.9. The number of nitrogens with zero attached hydrogens (tertiary/aromatic N) is 2. The minimum atomic E-state index is -0.385. The molecule has 5 nitrogen and oxygen atoms in total. The molecule has 2 rings (SSSR count). The van der Waals surface area contributed by atoms with Crippen molar-refractivity contribution in [3.05, 3.63) is 0 Å². The van der Waals surface area contributed by atoms with Gasteiger partial charge in [0.25, 0.3) is 0 Å². The van der Waals surface area contributed by atoms with Gasteiger partial charge >= 0.3 is 0 Å². The molecule has 0 saturated carbocycles. The summed E-state index contributed by atoms with van der Waals surface area (Å²) >= 11 is 0. The third-order valence-electron chi connectivity index (χ3n) is 4.54. The van der Waals surface area contributed by atoms with Crippen LogP contribution in [0.15, 0.2) is 0 Å². The molecule has 2 fully saturated rings. The van der Waals surface area contributed by atoms with Crippen LogP contribution in [0.4, 0.5) is 0 Å². The molecule has 114 valence electrons. The Labute approximate surface area is 121 Å². The second kappa shape index (κ2) is 6.12. The zero-order valence-electron chi connectivity index (χ0n) is 13.1. The highest BCUT2D eigenvalue weighted by atomic mass is 16.2. The summed E-state index contributed by atoms with van der Waals surface area (Å²) < 4.78 is 0. The summed E-state index contributed by atoms with van der Waals surface area (Å²) in [5.41, 5.74) is 0. The standard InChI is InChI=1S/C15H27N3O2/c1-10(2)13-14(19)16-11(3)15(20)18(13)9-12-5-7-17(4)8-6-12/h10-13H,5-9H2,1-4H3,(H,16,19). The van der Waals surface area contributed by atoms with Crippen LogP contribution in [0.25, 0.3) is 0 Å². The highest BCUT2D eigenvalue weighted by Crippen LogP contribution is 2.23. The highest BCUT2D eigenvalue weighted by Gasteiger charge is 2.41. The van der Waals surface area contributed by atoms with Crippen LogP contribution >= 0.6 is 0 Å². The summed E-state index contributed by atoms with van der Waals surface area (Å²) in [6, 6.07) is -0.692. The van der Waals surface area contributed by atoms with Gasteiger partial charge in [-0.05, 0) is 51.7 Å². The molecule has 5 heteroatoms. The molecule has 0 aromatic rings. The van der Waals surface area contributed by atoms with Crippen LogP contribution in [0.3, 0.4) is 0 Å². The third kappa shape index (κ3) is 3.14. The van der Waals surface area contributed by atoms with Crippen molar-refractivity contribution in [3.63, 3.8) is 0 Å². The molecule has 0 aromatic heterocycles. The number of nitrogens with one attached hydrogen (secondary N) is 1. The van der Waals surface area contributed by atoms with Crippen LogP contribution in [-0.2, 0) is 9.59 Å². The Hall–Kier alpha value is -1.10. The van der Waals surface area contributed by atoms with Crippen molar-refractivity contribution < 1.29 is 9.59 Å². The SMILES string of the molecule is CC1NC(=O)C(C(C)C)N(CC2CCN(C)CC2)C1=O. The van der Waals surface area contributed by atoms with Crippen molar-refractivity contribution in [1.82, 2.24) is 15.1 Å². The van der Waals surface area contributed by atoms with Gasteiger partial charge in [-0.1, -0.05) is 13.8 Å². The van der Waals surface area contributed by atoms with Crippen LogP contribution < -0.4 is 5.32 Å². The topological polar surface area (TPSA) is 52.7 Å². The molecule has 0 spiro atoms. The first-order valence-corrected chi connectivity index (χ1v) is 7.69. The molecule has 2 unspecified atom stereocenters. The van der Waals surface area contributed by atoms with Crippen molar-refractivity contribution in [1.29, 1.82) is 0 Å². The maximum Gasteiger partial charge on any atom is 0.245 e. The van der Waals surface area contributed by atoms with Gasteiger partial charge in [-0.3, -0.25) is 9.59 Å². The lowest BCUT2D eigenvalue weighted by atomic mass is 9.92. The molecule has 0 aromatic carbocycles. The van der Waals surface area contributed by atoms with E-state index in [1.54, 1.807) is 6.92 Å². The van der Waals surface area contributed by atoms with Gasteiger partial charge in [0.15, 0.2) is 0 Å². The summed E-state index contributed by atoms with van der Waals surface area (Å²) in [6.07, 6.45) is 2.22. The summed E-state index contributed by atoms with van der Waals surface area (Å²) in [5, 5.41) is 2.80. The number of likely N-dealkylation sites (tertiary alicyclic amines) is 1. The third-order valence-corrected chi connectivity index (χ3v) is 4.54. The first kappa shape index (κ1) is 15.3. The fraction of sp³-hybridized carbons (Fsp3) is 0.867. The lowest BCUT2D eigenvalue weighted by molar-refractivity contribution is -0.151. The van der Waals surface area contributed by atoms with Crippen molar-refractivity contribution in [2.75, 3.05) is 26.7 Å². The first-order valence-electron chi connectivity index (χ1n) is 7.69. The van der Waals surface area contributed by atoms with Gasteiger partial charge in [-0.2, -0.15) is 0 Å². The molecule has 2 amide bonds. The number of piperidine rings is 1. The van der Waals surface area contributed by atoms with E-state index in [9.17, 15) is 9.59 Å². The summed E-state index contributed by atoms with van der Waals surface area (Å²) in [7, 11) is 2.13. The lowest BCUT2D eigenvalue weighted by Crippen LogP contribution is -2.64. The quantitative estimate of drug-likeness (QED) is 0.828. The van der Waals surface area contributed by atoms with Crippen LogP contribution in [0.5, 0.6) is 0 Å². The Bertz CT molecular complexity index is 375. The van der Waals surface area contributed by atoms with E-state index in [2.05, 4.69) is 17.3 Å². The summed E-state index contributed by atoms with van der Waals surface area (Å²) in [5.74, 6) is 0.745. The molecule has 2 aliphatic heterocycles. The largest absolute Gasteiger partial charge is 0.343 e. The van der Waals surface area contributed by atoms with Gasteiger partial charge in [-0.15, -0.1) is 0 Å².